The summed E-state index contributed by atoms with van der Waals surface area (Å²) in [5.74, 6) is 1.65. The van der Waals surface area contributed by atoms with Gasteiger partial charge in [0.2, 0.25) is 5.91 Å². The number of likely N-dealkylation sites (tertiary alicyclic amines) is 1. The molecule has 0 aromatic rings. The molecule has 2 saturated heterocycles. The fraction of sp³-hybridized carbons (Fsp3) is 0.889. The van der Waals surface area contributed by atoms with Crippen molar-refractivity contribution in [2.75, 3.05) is 39.3 Å². The average Bonchev–Trinajstić information content (AvgIpc) is 2.99. The van der Waals surface area contributed by atoms with Crippen LogP contribution in [0, 0.1) is 5.92 Å². The summed E-state index contributed by atoms with van der Waals surface area (Å²) in [7, 11) is 0. The van der Waals surface area contributed by atoms with Gasteiger partial charge in [-0.1, -0.05) is 6.92 Å². The molecule has 2 rings (SSSR count). The maximum atomic E-state index is 12.3. The molecule has 138 valence electrons. The third kappa shape index (κ3) is 5.96. The molecule has 1 amide bonds. The van der Waals surface area contributed by atoms with Gasteiger partial charge in [0, 0.05) is 39.2 Å². The van der Waals surface area contributed by atoms with Crippen LogP contribution >= 0.6 is 0 Å². The molecule has 2 atom stereocenters. The Kier molecular flexibility index (Phi) is 7.34. The molecule has 6 nitrogen and oxygen atoms in total. The molecule has 2 heterocycles. The second-order valence-electron chi connectivity index (χ2n) is 7.36. The maximum absolute atomic E-state index is 12.3. The number of nitrogens with one attached hydrogen (secondary N) is 2. The first-order valence-electron chi connectivity index (χ1n) is 9.46. The van der Waals surface area contributed by atoms with Crippen LogP contribution in [-0.2, 0) is 9.53 Å². The number of rotatable bonds is 6. The Labute approximate surface area is 146 Å². The van der Waals surface area contributed by atoms with Gasteiger partial charge < -0.3 is 20.3 Å². The van der Waals surface area contributed by atoms with E-state index in [4.69, 9.17) is 4.74 Å². The van der Waals surface area contributed by atoms with Crippen molar-refractivity contribution in [1.82, 2.24) is 15.5 Å². The van der Waals surface area contributed by atoms with E-state index in [9.17, 15) is 4.79 Å². The first kappa shape index (κ1) is 19.0. The predicted octanol–water partition coefficient (Wildman–Crippen LogP) is 1.76. The molecule has 2 fully saturated rings. The van der Waals surface area contributed by atoms with Crippen LogP contribution in [0.25, 0.3) is 0 Å². The lowest BCUT2D eigenvalue weighted by molar-refractivity contribution is -0.132. The summed E-state index contributed by atoms with van der Waals surface area (Å²) in [6.07, 6.45) is 5.05. The monoisotopic (exact) mass is 338 g/mol. The highest BCUT2D eigenvalue weighted by atomic mass is 16.5. The Bertz CT molecular complexity index is 433. The fourth-order valence-electron chi connectivity index (χ4n) is 3.41. The van der Waals surface area contributed by atoms with Crippen LogP contribution in [0.2, 0.25) is 0 Å². The molecule has 0 saturated carbocycles. The Morgan fingerprint density at radius 2 is 2.21 bits per heavy atom. The van der Waals surface area contributed by atoms with Crippen LogP contribution < -0.4 is 10.6 Å². The number of guanidine groups is 1. The second kappa shape index (κ2) is 9.25. The molecule has 2 N–H and O–H groups in total. The molecule has 24 heavy (non-hydrogen) atoms. The maximum Gasteiger partial charge on any atom is 0.224 e. The van der Waals surface area contributed by atoms with Gasteiger partial charge in [-0.2, -0.15) is 0 Å². The number of piperidine rings is 1. The largest absolute Gasteiger partial charge is 0.373 e. The van der Waals surface area contributed by atoms with Crippen molar-refractivity contribution in [3.05, 3.63) is 0 Å². The smallest absolute Gasteiger partial charge is 0.224 e. The molecule has 2 aliphatic heterocycles. The Balaban J connectivity index is 1.75. The third-order valence-corrected chi connectivity index (χ3v) is 4.86. The first-order valence-corrected chi connectivity index (χ1v) is 9.46. The summed E-state index contributed by atoms with van der Waals surface area (Å²) in [6, 6.07) is 0. The summed E-state index contributed by atoms with van der Waals surface area (Å²) in [5, 5.41) is 6.52. The number of hydrogen-bond acceptors (Lipinski definition) is 3. The second-order valence-corrected chi connectivity index (χ2v) is 7.36. The van der Waals surface area contributed by atoms with E-state index in [1.807, 2.05) is 11.8 Å². The van der Waals surface area contributed by atoms with Gasteiger partial charge >= 0.3 is 0 Å². The molecule has 2 aliphatic rings. The van der Waals surface area contributed by atoms with Gasteiger partial charge in [0.15, 0.2) is 5.96 Å². The number of carbonyl (C=O) groups is 1. The van der Waals surface area contributed by atoms with Crippen molar-refractivity contribution in [3.8, 4) is 0 Å². The first-order chi connectivity index (χ1) is 11.5. The zero-order valence-corrected chi connectivity index (χ0v) is 15.6. The molecular weight excluding hydrogens is 304 g/mol. The minimum atomic E-state index is -0.137. The normalized spacial score (nSPS) is 28.0. The van der Waals surface area contributed by atoms with Gasteiger partial charge in [-0.25, -0.2) is 0 Å². The summed E-state index contributed by atoms with van der Waals surface area (Å²) >= 11 is 0. The molecule has 0 aromatic carbocycles. The third-order valence-electron chi connectivity index (χ3n) is 4.86. The van der Waals surface area contributed by atoms with Gasteiger partial charge in [-0.05, 0) is 45.4 Å². The van der Waals surface area contributed by atoms with E-state index in [2.05, 4.69) is 29.5 Å². The molecule has 0 spiro atoms. The van der Waals surface area contributed by atoms with Gasteiger partial charge in [-0.3, -0.25) is 9.79 Å². The van der Waals surface area contributed by atoms with Crippen molar-refractivity contribution in [3.63, 3.8) is 0 Å². The quantitative estimate of drug-likeness (QED) is 0.572. The summed E-state index contributed by atoms with van der Waals surface area (Å²) in [6.45, 7) is 11.1. The number of amides is 1. The van der Waals surface area contributed by atoms with E-state index in [-0.39, 0.29) is 11.5 Å². The van der Waals surface area contributed by atoms with E-state index in [0.717, 1.165) is 51.5 Å². The summed E-state index contributed by atoms with van der Waals surface area (Å²) < 4.78 is 5.78. The minimum Gasteiger partial charge on any atom is -0.373 e. The van der Waals surface area contributed by atoms with Crippen LogP contribution in [-0.4, -0.2) is 61.7 Å². The Hall–Kier alpha value is -1.30. The predicted molar refractivity (Wildman–Crippen MR) is 97.2 cm³/mol. The topological polar surface area (TPSA) is 66.0 Å². The Morgan fingerprint density at radius 3 is 2.88 bits per heavy atom. The number of carbonyl (C=O) groups excluding carboxylic acids is 1. The van der Waals surface area contributed by atoms with Crippen molar-refractivity contribution < 1.29 is 9.53 Å². The molecule has 6 heteroatoms. The highest BCUT2D eigenvalue weighted by molar-refractivity contribution is 5.81. The minimum absolute atomic E-state index is 0.137. The van der Waals surface area contributed by atoms with Crippen LogP contribution in [0.15, 0.2) is 4.99 Å². The van der Waals surface area contributed by atoms with E-state index in [1.54, 1.807) is 0 Å². The number of ether oxygens (including phenoxy) is 1. The SMILES string of the molecule is CCNC(=NCC1(C)CCCO1)NCCC(=O)N1CCCC(C)C1. The van der Waals surface area contributed by atoms with E-state index >= 15 is 0 Å². The molecule has 0 aromatic heterocycles. The van der Waals surface area contributed by atoms with E-state index in [0.29, 0.717) is 25.4 Å². The van der Waals surface area contributed by atoms with Crippen LogP contribution in [0.3, 0.4) is 0 Å². The Morgan fingerprint density at radius 1 is 1.38 bits per heavy atom. The van der Waals surface area contributed by atoms with Gasteiger partial charge in [0.25, 0.3) is 0 Å². The molecular formula is C18H34N4O2. The van der Waals surface area contributed by atoms with Crippen LogP contribution in [0.5, 0.6) is 0 Å². The van der Waals surface area contributed by atoms with Crippen LogP contribution in [0.1, 0.15) is 52.9 Å². The van der Waals surface area contributed by atoms with Crippen molar-refractivity contribution >= 4 is 11.9 Å². The van der Waals surface area contributed by atoms with E-state index in [1.165, 1.54) is 6.42 Å². The number of hydrogen-bond donors (Lipinski definition) is 2. The van der Waals surface area contributed by atoms with Gasteiger partial charge in [0.1, 0.15) is 0 Å². The zero-order valence-electron chi connectivity index (χ0n) is 15.6. The lowest BCUT2D eigenvalue weighted by Gasteiger charge is -2.31. The fourth-order valence-corrected chi connectivity index (χ4v) is 3.41. The average molecular weight is 338 g/mol. The standard InChI is InChI=1S/C18H34N4O2/c1-4-19-17(21-14-18(3)9-6-12-24-18)20-10-8-16(23)22-11-5-7-15(2)13-22/h15H,4-14H2,1-3H3,(H2,19,20,21). The van der Waals surface area contributed by atoms with Crippen molar-refractivity contribution in [1.29, 1.82) is 0 Å². The number of aliphatic imine (C=N–C) groups is 1. The number of nitrogens with zero attached hydrogens (tertiary/aromatic N) is 2. The molecule has 2 unspecified atom stereocenters. The lowest BCUT2D eigenvalue weighted by atomic mass is 10.00. The molecule has 0 bridgehead atoms. The van der Waals surface area contributed by atoms with Crippen LogP contribution in [0.4, 0.5) is 0 Å². The summed E-state index contributed by atoms with van der Waals surface area (Å²) in [4.78, 5) is 18.9. The highest BCUT2D eigenvalue weighted by Gasteiger charge is 2.29. The van der Waals surface area contributed by atoms with Crippen molar-refractivity contribution in [2.45, 2.75) is 58.5 Å². The highest BCUT2D eigenvalue weighted by Crippen LogP contribution is 2.25. The van der Waals surface area contributed by atoms with E-state index < -0.39 is 0 Å². The molecule has 0 radical (unpaired) electrons. The lowest BCUT2D eigenvalue weighted by Crippen LogP contribution is -2.43. The summed E-state index contributed by atoms with van der Waals surface area (Å²) in [5.41, 5.74) is -0.137. The van der Waals surface area contributed by atoms with Gasteiger partial charge in [0.05, 0.1) is 12.1 Å². The zero-order chi connectivity index (χ0) is 17.4. The van der Waals surface area contributed by atoms with Crippen molar-refractivity contribution in [2.24, 2.45) is 10.9 Å². The van der Waals surface area contributed by atoms with Gasteiger partial charge in [-0.15, -0.1) is 0 Å². The molecule has 0 aliphatic carbocycles.